The maximum Gasteiger partial charge on any atom is 0.190 e. The van der Waals surface area contributed by atoms with Gasteiger partial charge < -0.3 is 14.2 Å². The molecule has 0 spiro atoms. The second kappa shape index (κ2) is 9.18. The Bertz CT molecular complexity index is 966. The number of nitrogens with zero attached hydrogens (tertiary/aromatic N) is 2. The Labute approximate surface area is 174 Å². The molecule has 1 aliphatic heterocycles. The number of thiazole rings is 1. The summed E-state index contributed by atoms with van der Waals surface area (Å²) >= 11 is 3.54. The first-order chi connectivity index (χ1) is 13.7. The molecule has 0 aliphatic carbocycles. The van der Waals surface area contributed by atoms with E-state index in [9.17, 15) is 0 Å². The van der Waals surface area contributed by atoms with Crippen LogP contribution in [0.2, 0.25) is 0 Å². The van der Waals surface area contributed by atoms with Gasteiger partial charge in [-0.1, -0.05) is 12.1 Å². The van der Waals surface area contributed by atoms with Crippen molar-refractivity contribution in [2.24, 2.45) is 4.99 Å². The molecule has 0 unspecified atom stereocenters. The fourth-order valence-corrected chi connectivity index (χ4v) is 5.33. The summed E-state index contributed by atoms with van der Waals surface area (Å²) in [6, 6.07) is 10.8. The van der Waals surface area contributed by atoms with Gasteiger partial charge >= 0.3 is 0 Å². The number of benzene rings is 1. The number of rotatable bonds is 6. The lowest BCUT2D eigenvalue weighted by molar-refractivity contribution is -0.908. The molecule has 1 fully saturated rings. The van der Waals surface area contributed by atoms with Crippen LogP contribution in [0.25, 0.3) is 10.6 Å². The van der Waals surface area contributed by atoms with Crippen molar-refractivity contribution < 1.29 is 9.64 Å². The minimum Gasteiger partial charge on any atom is -0.370 e. The second-order valence-electron chi connectivity index (χ2n) is 7.38. The molecule has 148 valence electrons. The van der Waals surface area contributed by atoms with Gasteiger partial charge in [-0.2, -0.15) is 0 Å². The van der Waals surface area contributed by atoms with E-state index in [2.05, 4.69) is 59.5 Å². The number of aryl methyl sites for hydroxylation is 2. The molecule has 0 saturated carbocycles. The lowest BCUT2D eigenvalue weighted by Crippen LogP contribution is -3.14. The molecule has 0 atom stereocenters. The Morgan fingerprint density at radius 1 is 1.11 bits per heavy atom. The third-order valence-electron chi connectivity index (χ3n) is 5.40. The van der Waals surface area contributed by atoms with Gasteiger partial charge in [-0.05, 0) is 48.6 Å². The molecule has 4 nitrogen and oxygen atoms in total. The van der Waals surface area contributed by atoms with Crippen molar-refractivity contribution in [3.8, 4) is 10.6 Å². The number of thiophene rings is 1. The average molecular weight is 415 g/mol. The highest BCUT2D eigenvalue weighted by Gasteiger charge is 2.14. The molecule has 4 rings (SSSR count). The van der Waals surface area contributed by atoms with Crippen LogP contribution in [0.1, 0.15) is 17.5 Å². The van der Waals surface area contributed by atoms with E-state index in [1.54, 1.807) is 27.6 Å². The molecular formula is C22H28N3OS2+. The molecule has 0 radical (unpaired) electrons. The van der Waals surface area contributed by atoms with Crippen LogP contribution in [0.5, 0.6) is 0 Å². The lowest BCUT2D eigenvalue weighted by atomic mass is 10.1. The quantitative estimate of drug-likeness (QED) is 0.658. The third-order valence-corrected chi connectivity index (χ3v) is 7.15. The molecule has 0 amide bonds. The van der Waals surface area contributed by atoms with Crippen LogP contribution in [0.15, 0.2) is 46.1 Å². The van der Waals surface area contributed by atoms with Crippen molar-refractivity contribution in [3.63, 3.8) is 0 Å². The van der Waals surface area contributed by atoms with E-state index < -0.39 is 0 Å². The normalized spacial score (nSPS) is 16.0. The molecule has 2 aromatic heterocycles. The predicted octanol–water partition coefficient (Wildman–Crippen LogP) is 3.43. The van der Waals surface area contributed by atoms with Crippen molar-refractivity contribution in [1.29, 1.82) is 0 Å². The van der Waals surface area contributed by atoms with Crippen LogP contribution in [-0.2, 0) is 11.3 Å². The van der Waals surface area contributed by atoms with Gasteiger partial charge in [0.05, 0.1) is 36.0 Å². The largest absolute Gasteiger partial charge is 0.370 e. The number of quaternary nitrogens is 1. The number of morpholine rings is 1. The van der Waals surface area contributed by atoms with Crippen molar-refractivity contribution >= 4 is 28.4 Å². The Morgan fingerprint density at radius 2 is 1.96 bits per heavy atom. The molecule has 1 N–H and O–H groups in total. The molecule has 1 saturated heterocycles. The second-order valence-corrected chi connectivity index (χ2v) is 9.16. The zero-order chi connectivity index (χ0) is 19.3. The zero-order valence-electron chi connectivity index (χ0n) is 16.6. The molecule has 1 aliphatic rings. The van der Waals surface area contributed by atoms with Gasteiger partial charge in [0.2, 0.25) is 0 Å². The van der Waals surface area contributed by atoms with Crippen molar-refractivity contribution in [3.05, 3.63) is 57.0 Å². The zero-order valence-corrected chi connectivity index (χ0v) is 18.2. The van der Waals surface area contributed by atoms with E-state index in [0.717, 1.165) is 49.8 Å². The van der Waals surface area contributed by atoms with E-state index in [0.29, 0.717) is 0 Å². The van der Waals surface area contributed by atoms with Gasteiger partial charge in [-0.3, -0.25) is 0 Å². The van der Waals surface area contributed by atoms with Crippen LogP contribution >= 0.6 is 22.7 Å². The Kier molecular flexibility index (Phi) is 6.42. The molecule has 6 heteroatoms. The van der Waals surface area contributed by atoms with Gasteiger partial charge in [-0.25, -0.2) is 4.99 Å². The number of hydrogen-bond acceptors (Lipinski definition) is 4. The summed E-state index contributed by atoms with van der Waals surface area (Å²) in [5.74, 6) is 0. The van der Waals surface area contributed by atoms with Crippen LogP contribution in [-0.4, -0.2) is 37.4 Å². The Morgan fingerprint density at radius 3 is 2.71 bits per heavy atom. The molecule has 28 heavy (non-hydrogen) atoms. The highest BCUT2D eigenvalue weighted by molar-refractivity contribution is 7.14. The highest BCUT2D eigenvalue weighted by Crippen LogP contribution is 2.26. The standard InChI is InChI=1S/C22H27N3OS2/c1-17-6-7-19(15-18(17)2)23-22-25(9-4-8-24-10-12-26-13-11-24)20(16-28-22)21-5-3-14-27-21/h3,5-7,14-16H,4,8-13H2,1-2H3/p+1. The number of ether oxygens (including phenoxy) is 1. The van der Waals surface area contributed by atoms with E-state index in [1.165, 1.54) is 28.2 Å². The summed E-state index contributed by atoms with van der Waals surface area (Å²) in [4.78, 5) is 9.06. The smallest absolute Gasteiger partial charge is 0.190 e. The van der Waals surface area contributed by atoms with Crippen LogP contribution < -0.4 is 9.70 Å². The summed E-state index contributed by atoms with van der Waals surface area (Å²) in [6.07, 6.45) is 1.16. The lowest BCUT2D eigenvalue weighted by Gasteiger charge is -2.23. The van der Waals surface area contributed by atoms with Crippen LogP contribution in [0.3, 0.4) is 0 Å². The first kappa shape index (κ1) is 19.6. The average Bonchev–Trinajstić information content (AvgIpc) is 3.36. The molecule has 3 aromatic rings. The molecular weight excluding hydrogens is 386 g/mol. The Hall–Kier alpha value is -1.73. The van der Waals surface area contributed by atoms with Gasteiger partial charge in [-0.15, -0.1) is 22.7 Å². The van der Waals surface area contributed by atoms with Crippen molar-refractivity contribution in [1.82, 2.24) is 4.57 Å². The molecule has 0 bridgehead atoms. The third kappa shape index (κ3) is 4.63. The first-order valence-corrected chi connectivity index (χ1v) is 11.7. The van der Waals surface area contributed by atoms with E-state index >= 15 is 0 Å². The minimum absolute atomic E-state index is 0.898. The summed E-state index contributed by atoms with van der Waals surface area (Å²) in [5, 5.41) is 4.41. The van der Waals surface area contributed by atoms with Crippen molar-refractivity contribution in [2.75, 3.05) is 32.8 Å². The summed E-state index contributed by atoms with van der Waals surface area (Å²) < 4.78 is 7.89. The fraction of sp³-hybridized carbons (Fsp3) is 0.409. The van der Waals surface area contributed by atoms with Gasteiger partial charge in [0.1, 0.15) is 13.1 Å². The Balaban J connectivity index is 1.60. The summed E-state index contributed by atoms with van der Waals surface area (Å²) in [6.45, 7) is 10.6. The number of nitrogens with one attached hydrogen (secondary N) is 1. The van der Waals surface area contributed by atoms with Crippen LogP contribution in [0, 0.1) is 13.8 Å². The van der Waals surface area contributed by atoms with Gasteiger partial charge in [0, 0.05) is 18.3 Å². The van der Waals surface area contributed by atoms with E-state index in [-0.39, 0.29) is 0 Å². The fourth-order valence-electron chi connectivity index (χ4n) is 3.56. The van der Waals surface area contributed by atoms with E-state index in [1.807, 2.05) is 0 Å². The van der Waals surface area contributed by atoms with Gasteiger partial charge in [0.25, 0.3) is 0 Å². The number of hydrogen-bond donors (Lipinski definition) is 1. The monoisotopic (exact) mass is 414 g/mol. The van der Waals surface area contributed by atoms with Crippen molar-refractivity contribution in [2.45, 2.75) is 26.8 Å². The maximum absolute atomic E-state index is 5.49. The molecule has 3 heterocycles. The minimum atomic E-state index is 0.898. The highest BCUT2D eigenvalue weighted by atomic mass is 32.1. The topological polar surface area (TPSA) is 31.0 Å². The molecule has 1 aromatic carbocycles. The van der Waals surface area contributed by atoms with Gasteiger partial charge in [0.15, 0.2) is 4.80 Å². The van der Waals surface area contributed by atoms with Crippen LogP contribution in [0.4, 0.5) is 5.69 Å². The summed E-state index contributed by atoms with van der Waals surface area (Å²) in [5.41, 5.74) is 4.93. The predicted molar refractivity (Wildman–Crippen MR) is 118 cm³/mol. The number of aromatic nitrogens is 1. The SMILES string of the molecule is Cc1ccc(N=c2scc(-c3cccs3)n2CCC[NH+]2CCOCC2)cc1C. The maximum atomic E-state index is 5.49. The summed E-state index contributed by atoms with van der Waals surface area (Å²) in [7, 11) is 0. The van der Waals surface area contributed by atoms with E-state index in [4.69, 9.17) is 9.73 Å². The first-order valence-electron chi connectivity index (χ1n) is 9.96.